The smallest absolute Gasteiger partial charge is 0.335 e. The lowest BCUT2D eigenvalue weighted by Crippen LogP contribution is -2.38. The minimum absolute atomic E-state index is 0.106. The van der Waals surface area contributed by atoms with E-state index in [1.165, 1.54) is 23.1 Å². The molecular formula is C14H14N2O4. The molecule has 1 aromatic rings. The first-order valence-electron chi connectivity index (χ1n) is 6.05. The third-order valence-electron chi connectivity index (χ3n) is 3.03. The maximum Gasteiger partial charge on any atom is 0.335 e. The summed E-state index contributed by atoms with van der Waals surface area (Å²) in [4.78, 5) is 35.6. The van der Waals surface area contributed by atoms with E-state index in [9.17, 15) is 14.4 Å². The molecule has 104 valence electrons. The minimum atomic E-state index is -1.05. The van der Waals surface area contributed by atoms with Gasteiger partial charge in [0, 0.05) is 19.3 Å². The first-order valence-corrected chi connectivity index (χ1v) is 6.05. The van der Waals surface area contributed by atoms with E-state index in [4.69, 9.17) is 5.11 Å². The van der Waals surface area contributed by atoms with Gasteiger partial charge < -0.3 is 15.3 Å². The predicted octanol–water partition coefficient (Wildman–Crippen LogP) is 0.968. The molecule has 0 saturated carbocycles. The Morgan fingerprint density at radius 1 is 1.40 bits per heavy atom. The molecule has 2 amide bonds. The van der Waals surface area contributed by atoms with Gasteiger partial charge in [-0.25, -0.2) is 4.79 Å². The second-order valence-corrected chi connectivity index (χ2v) is 4.56. The summed E-state index contributed by atoms with van der Waals surface area (Å²) in [6.07, 6.45) is 2.92. The van der Waals surface area contributed by atoms with Crippen molar-refractivity contribution in [2.24, 2.45) is 5.92 Å². The Kier molecular flexibility index (Phi) is 3.84. The molecule has 1 heterocycles. The van der Waals surface area contributed by atoms with Crippen molar-refractivity contribution in [2.45, 2.75) is 0 Å². The van der Waals surface area contributed by atoms with Gasteiger partial charge in [-0.1, -0.05) is 12.1 Å². The molecule has 0 spiro atoms. The largest absolute Gasteiger partial charge is 0.478 e. The summed E-state index contributed by atoms with van der Waals surface area (Å²) in [5.74, 6) is -1.90. The van der Waals surface area contributed by atoms with Crippen LogP contribution < -0.4 is 5.32 Å². The third kappa shape index (κ3) is 3.03. The van der Waals surface area contributed by atoms with Gasteiger partial charge in [0.2, 0.25) is 11.8 Å². The average Bonchev–Trinajstić information content (AvgIpc) is 2.42. The monoisotopic (exact) mass is 274 g/mol. The summed E-state index contributed by atoms with van der Waals surface area (Å²) in [5.41, 5.74) is 0.525. The second kappa shape index (κ2) is 5.56. The topological polar surface area (TPSA) is 86.7 Å². The molecule has 2 N–H and O–H groups in total. The van der Waals surface area contributed by atoms with Gasteiger partial charge in [0.15, 0.2) is 0 Å². The highest BCUT2D eigenvalue weighted by molar-refractivity contribution is 5.98. The van der Waals surface area contributed by atoms with E-state index in [0.717, 1.165) is 0 Å². The molecule has 20 heavy (non-hydrogen) atoms. The number of benzene rings is 1. The number of hydrogen-bond donors (Lipinski definition) is 2. The fourth-order valence-electron chi connectivity index (χ4n) is 1.91. The first-order chi connectivity index (χ1) is 9.47. The molecule has 1 aromatic carbocycles. The van der Waals surface area contributed by atoms with Gasteiger partial charge in [0.25, 0.3) is 0 Å². The van der Waals surface area contributed by atoms with Gasteiger partial charge in [-0.05, 0) is 24.3 Å². The molecule has 0 radical (unpaired) electrons. The van der Waals surface area contributed by atoms with Crippen LogP contribution in [0.5, 0.6) is 0 Å². The number of carboxylic acid groups (broad SMARTS) is 1. The van der Waals surface area contributed by atoms with Crippen molar-refractivity contribution in [1.82, 2.24) is 4.90 Å². The van der Waals surface area contributed by atoms with Crippen LogP contribution in [0.2, 0.25) is 0 Å². The maximum absolute atomic E-state index is 12.1. The van der Waals surface area contributed by atoms with E-state index in [1.807, 2.05) is 0 Å². The van der Waals surface area contributed by atoms with Crippen molar-refractivity contribution < 1.29 is 19.5 Å². The molecule has 0 bridgehead atoms. The highest BCUT2D eigenvalue weighted by Crippen LogP contribution is 2.15. The molecule has 6 heteroatoms. The van der Waals surface area contributed by atoms with Crippen LogP contribution in [-0.2, 0) is 9.59 Å². The van der Waals surface area contributed by atoms with Gasteiger partial charge in [-0.3, -0.25) is 9.59 Å². The SMILES string of the molecule is CN1CC(C(=O)Nc2cccc(C(=O)O)c2)C=CC1=O. The van der Waals surface area contributed by atoms with Crippen LogP contribution in [0.4, 0.5) is 5.69 Å². The maximum atomic E-state index is 12.1. The summed E-state index contributed by atoms with van der Waals surface area (Å²) in [6, 6.07) is 6.02. The lowest BCUT2D eigenvalue weighted by Gasteiger charge is -2.24. The Morgan fingerprint density at radius 3 is 2.80 bits per heavy atom. The molecule has 0 aromatic heterocycles. The number of hydrogen-bond acceptors (Lipinski definition) is 3. The van der Waals surface area contributed by atoms with E-state index < -0.39 is 11.9 Å². The normalized spacial score (nSPS) is 17.9. The molecule has 1 aliphatic rings. The zero-order chi connectivity index (χ0) is 14.7. The predicted molar refractivity (Wildman–Crippen MR) is 72.3 cm³/mol. The highest BCUT2D eigenvalue weighted by Gasteiger charge is 2.23. The fraction of sp³-hybridized carbons (Fsp3) is 0.214. The van der Waals surface area contributed by atoms with Gasteiger partial charge in [-0.2, -0.15) is 0 Å². The number of amides is 2. The van der Waals surface area contributed by atoms with E-state index in [-0.39, 0.29) is 17.4 Å². The lowest BCUT2D eigenvalue weighted by atomic mass is 10.0. The van der Waals surface area contributed by atoms with Crippen LogP contribution >= 0.6 is 0 Å². The van der Waals surface area contributed by atoms with Crippen LogP contribution in [0.15, 0.2) is 36.4 Å². The molecule has 1 aliphatic heterocycles. The van der Waals surface area contributed by atoms with Crippen molar-refractivity contribution in [2.75, 3.05) is 18.9 Å². The molecule has 0 fully saturated rings. The van der Waals surface area contributed by atoms with Crippen LogP contribution in [0, 0.1) is 5.92 Å². The van der Waals surface area contributed by atoms with Crippen LogP contribution in [-0.4, -0.2) is 41.4 Å². The molecule has 0 saturated heterocycles. The van der Waals surface area contributed by atoms with Gasteiger partial charge in [0.05, 0.1) is 11.5 Å². The fourth-order valence-corrected chi connectivity index (χ4v) is 1.91. The zero-order valence-corrected chi connectivity index (χ0v) is 10.9. The number of anilines is 1. The molecule has 1 atom stereocenters. The van der Waals surface area contributed by atoms with E-state index in [2.05, 4.69) is 5.32 Å². The lowest BCUT2D eigenvalue weighted by molar-refractivity contribution is -0.127. The minimum Gasteiger partial charge on any atom is -0.478 e. The van der Waals surface area contributed by atoms with Gasteiger partial charge in [0.1, 0.15) is 0 Å². The van der Waals surface area contributed by atoms with Crippen molar-refractivity contribution in [3.05, 3.63) is 42.0 Å². The highest BCUT2D eigenvalue weighted by atomic mass is 16.4. The number of rotatable bonds is 3. The molecule has 1 unspecified atom stereocenters. The summed E-state index contributed by atoms with van der Waals surface area (Å²) in [7, 11) is 1.62. The number of aromatic carboxylic acids is 1. The van der Waals surface area contributed by atoms with Gasteiger partial charge in [-0.15, -0.1) is 0 Å². The Balaban J connectivity index is 2.08. The number of carbonyl (C=O) groups is 3. The number of nitrogens with zero attached hydrogens (tertiary/aromatic N) is 1. The standard InChI is InChI=1S/C14H14N2O4/c1-16-8-10(5-6-12(16)17)13(18)15-11-4-2-3-9(7-11)14(19)20/h2-7,10H,8H2,1H3,(H,15,18)(H,19,20). The second-order valence-electron chi connectivity index (χ2n) is 4.56. The van der Waals surface area contributed by atoms with Gasteiger partial charge >= 0.3 is 5.97 Å². The van der Waals surface area contributed by atoms with E-state index in [0.29, 0.717) is 12.2 Å². The van der Waals surface area contributed by atoms with Crippen molar-refractivity contribution in [3.8, 4) is 0 Å². The number of carbonyl (C=O) groups excluding carboxylic acids is 2. The average molecular weight is 274 g/mol. The van der Waals surface area contributed by atoms with E-state index >= 15 is 0 Å². The molecule has 2 rings (SSSR count). The Hall–Kier alpha value is -2.63. The summed E-state index contributed by atoms with van der Waals surface area (Å²) < 4.78 is 0. The number of nitrogens with one attached hydrogen (secondary N) is 1. The number of carboxylic acids is 1. The van der Waals surface area contributed by atoms with Crippen LogP contribution in [0.1, 0.15) is 10.4 Å². The van der Waals surface area contributed by atoms with E-state index in [1.54, 1.807) is 25.3 Å². The Bertz CT molecular complexity index is 595. The Labute approximate surface area is 115 Å². The number of likely N-dealkylation sites (N-methyl/N-ethyl adjacent to an activating group) is 1. The molecular weight excluding hydrogens is 260 g/mol. The summed E-state index contributed by atoms with van der Waals surface area (Å²) in [5, 5.41) is 11.5. The first kappa shape index (κ1) is 13.8. The van der Waals surface area contributed by atoms with Crippen LogP contribution in [0.3, 0.4) is 0 Å². The summed E-state index contributed by atoms with van der Waals surface area (Å²) in [6.45, 7) is 0.305. The van der Waals surface area contributed by atoms with Crippen molar-refractivity contribution in [1.29, 1.82) is 0 Å². The summed E-state index contributed by atoms with van der Waals surface area (Å²) >= 11 is 0. The Morgan fingerprint density at radius 2 is 2.15 bits per heavy atom. The quantitative estimate of drug-likeness (QED) is 0.859. The van der Waals surface area contributed by atoms with Crippen molar-refractivity contribution in [3.63, 3.8) is 0 Å². The molecule has 6 nitrogen and oxygen atoms in total. The third-order valence-corrected chi connectivity index (χ3v) is 3.03. The van der Waals surface area contributed by atoms with Crippen molar-refractivity contribution >= 4 is 23.5 Å². The zero-order valence-electron chi connectivity index (χ0n) is 10.9. The van der Waals surface area contributed by atoms with Crippen LogP contribution in [0.25, 0.3) is 0 Å². The molecule has 0 aliphatic carbocycles.